The van der Waals surface area contributed by atoms with Crippen molar-refractivity contribution in [3.63, 3.8) is 0 Å². The molecule has 1 aromatic rings. The fraction of sp³-hybridized carbons (Fsp3) is 0.182. The molecule has 0 amide bonds. The summed E-state index contributed by atoms with van der Waals surface area (Å²) >= 11 is 9.31. The minimum Gasteiger partial charge on any atom is -0.465 e. The van der Waals surface area contributed by atoms with E-state index in [1.54, 1.807) is 0 Å². The topological polar surface area (TPSA) is 78.3 Å². The Balaban J connectivity index is 3.82. The molecule has 0 unspecified atom stereocenters. The number of esters is 1. The molecule has 1 rings (SSSR count). The second-order valence-electron chi connectivity index (χ2n) is 3.63. The zero-order valence-corrected chi connectivity index (χ0v) is 11.7. The van der Waals surface area contributed by atoms with Crippen LogP contribution in [0.2, 0.25) is 0 Å². The first kappa shape index (κ1) is 16.3. The Labute approximate surface area is 122 Å². The second kappa shape index (κ2) is 5.71. The van der Waals surface area contributed by atoms with E-state index >= 15 is 0 Å². The molecule has 0 radical (unpaired) electrons. The van der Waals surface area contributed by atoms with E-state index < -0.39 is 33.2 Å². The van der Waals surface area contributed by atoms with Gasteiger partial charge in [0.25, 0.3) is 0 Å². The van der Waals surface area contributed by atoms with Gasteiger partial charge in [-0.3, -0.25) is 0 Å². The summed E-state index contributed by atoms with van der Waals surface area (Å²) < 4.78 is 43.3. The minimum atomic E-state index is -4.72. The Kier molecular flexibility index (Phi) is 4.66. The number of halogens is 3. The largest absolute Gasteiger partial charge is 0.465 e. The first-order valence-electron chi connectivity index (χ1n) is 5.03. The molecule has 9 heteroatoms. The maximum absolute atomic E-state index is 13.0. The molecule has 0 fully saturated rings. The van der Waals surface area contributed by atoms with Crippen LogP contribution in [0.25, 0.3) is 0 Å². The number of thiocarbonyl (C=S) groups is 2. The minimum absolute atomic E-state index is 0.226. The van der Waals surface area contributed by atoms with Gasteiger partial charge in [-0.25, -0.2) is 4.79 Å². The number of carbonyl (C=O) groups excluding carboxylic acids is 1. The third-order valence-electron chi connectivity index (χ3n) is 2.41. The monoisotopic (exact) mass is 322 g/mol. The first-order valence-corrected chi connectivity index (χ1v) is 5.85. The first-order chi connectivity index (χ1) is 9.11. The van der Waals surface area contributed by atoms with Crippen LogP contribution in [0.3, 0.4) is 0 Å². The zero-order valence-electron chi connectivity index (χ0n) is 10.1. The molecule has 108 valence electrons. The third kappa shape index (κ3) is 3.05. The van der Waals surface area contributed by atoms with E-state index in [0.717, 1.165) is 13.2 Å². The molecule has 0 aliphatic rings. The van der Waals surface area contributed by atoms with Crippen LogP contribution in [0, 0.1) is 0 Å². The molecule has 0 saturated carbocycles. The molecule has 0 aromatic heterocycles. The van der Waals surface area contributed by atoms with E-state index in [2.05, 4.69) is 17.0 Å². The highest BCUT2D eigenvalue weighted by atomic mass is 32.1. The van der Waals surface area contributed by atoms with Crippen molar-refractivity contribution in [1.29, 1.82) is 0 Å². The fourth-order valence-corrected chi connectivity index (χ4v) is 2.05. The van der Waals surface area contributed by atoms with Gasteiger partial charge in [0.15, 0.2) is 0 Å². The van der Waals surface area contributed by atoms with E-state index in [-0.39, 0.29) is 11.1 Å². The van der Waals surface area contributed by atoms with Crippen molar-refractivity contribution >= 4 is 40.4 Å². The molecular weight excluding hydrogens is 313 g/mol. The lowest BCUT2D eigenvalue weighted by molar-refractivity contribution is -0.137. The smallest absolute Gasteiger partial charge is 0.417 e. The third-order valence-corrected chi connectivity index (χ3v) is 2.82. The normalized spacial score (nSPS) is 11.0. The highest BCUT2D eigenvalue weighted by Crippen LogP contribution is 2.34. The molecule has 1 aromatic carbocycles. The summed E-state index contributed by atoms with van der Waals surface area (Å²) in [7, 11) is 1.07. The second-order valence-corrected chi connectivity index (χ2v) is 4.51. The van der Waals surface area contributed by atoms with Crippen LogP contribution < -0.4 is 11.5 Å². The van der Waals surface area contributed by atoms with Crippen LogP contribution in [0.5, 0.6) is 0 Å². The van der Waals surface area contributed by atoms with Crippen molar-refractivity contribution in [3.05, 3.63) is 34.4 Å². The summed E-state index contributed by atoms with van der Waals surface area (Å²) in [4.78, 5) is 10.6. The lowest BCUT2D eigenvalue weighted by Crippen LogP contribution is -2.27. The average molecular weight is 322 g/mol. The number of hydrogen-bond donors (Lipinski definition) is 2. The molecule has 4 N–H and O–H groups in total. The SMILES string of the molecule is COC(=O)c1ccc(C(F)(F)F)c(C(N)=S)c1C(N)=S. The van der Waals surface area contributed by atoms with Crippen LogP contribution in [0.4, 0.5) is 13.2 Å². The van der Waals surface area contributed by atoms with Gasteiger partial charge < -0.3 is 16.2 Å². The van der Waals surface area contributed by atoms with Gasteiger partial charge in [0.1, 0.15) is 9.98 Å². The molecule has 0 heterocycles. The molecule has 20 heavy (non-hydrogen) atoms. The standard InChI is InChI=1S/C11H9F3N2O2S2/c1-18-10(17)4-2-3-5(11(12,13)14)7(9(16)20)6(4)8(15)19/h2-3H,1H3,(H2,15,19)(H2,16,20). The zero-order chi connectivity index (χ0) is 15.7. The number of alkyl halides is 3. The number of rotatable bonds is 3. The molecule has 0 aliphatic carbocycles. The quantitative estimate of drug-likeness (QED) is 0.652. The Morgan fingerprint density at radius 3 is 2.00 bits per heavy atom. The average Bonchev–Trinajstić information content (AvgIpc) is 2.34. The maximum Gasteiger partial charge on any atom is 0.417 e. The summed E-state index contributed by atoms with van der Waals surface area (Å²) in [5.74, 6) is -0.890. The summed E-state index contributed by atoms with van der Waals surface area (Å²) in [6.45, 7) is 0. The van der Waals surface area contributed by atoms with Gasteiger partial charge in [-0.1, -0.05) is 24.4 Å². The summed E-state index contributed by atoms with van der Waals surface area (Å²) in [5, 5.41) is 0. The van der Waals surface area contributed by atoms with Crippen molar-refractivity contribution in [1.82, 2.24) is 0 Å². The Hall–Kier alpha value is -1.74. The van der Waals surface area contributed by atoms with Crippen LogP contribution in [0.15, 0.2) is 12.1 Å². The van der Waals surface area contributed by atoms with E-state index in [1.165, 1.54) is 0 Å². The molecular formula is C11H9F3N2O2S2. The number of nitrogens with two attached hydrogens (primary N) is 2. The van der Waals surface area contributed by atoms with Crippen molar-refractivity contribution in [3.8, 4) is 0 Å². The lowest BCUT2D eigenvalue weighted by Gasteiger charge is -2.17. The molecule has 4 nitrogen and oxygen atoms in total. The highest BCUT2D eigenvalue weighted by molar-refractivity contribution is 7.81. The van der Waals surface area contributed by atoms with E-state index in [1.807, 2.05) is 0 Å². The van der Waals surface area contributed by atoms with Crippen molar-refractivity contribution in [2.24, 2.45) is 11.5 Å². The summed E-state index contributed by atoms with van der Waals surface area (Å²) in [6.07, 6.45) is -4.72. The van der Waals surface area contributed by atoms with Crippen molar-refractivity contribution in [2.75, 3.05) is 7.11 Å². The van der Waals surface area contributed by atoms with Gasteiger partial charge in [0.05, 0.1) is 18.2 Å². The molecule has 0 atom stereocenters. The van der Waals surface area contributed by atoms with Gasteiger partial charge in [-0.05, 0) is 12.1 Å². The van der Waals surface area contributed by atoms with Gasteiger partial charge in [-0.2, -0.15) is 13.2 Å². The predicted molar refractivity (Wildman–Crippen MR) is 74.6 cm³/mol. The Bertz CT molecular complexity index is 600. The van der Waals surface area contributed by atoms with Gasteiger partial charge in [0, 0.05) is 11.1 Å². The van der Waals surface area contributed by atoms with Crippen molar-refractivity contribution < 1.29 is 22.7 Å². The number of carbonyl (C=O) groups is 1. The van der Waals surface area contributed by atoms with Gasteiger partial charge in [-0.15, -0.1) is 0 Å². The fourth-order valence-electron chi connectivity index (χ4n) is 1.63. The van der Waals surface area contributed by atoms with E-state index in [4.69, 9.17) is 23.7 Å². The van der Waals surface area contributed by atoms with E-state index in [0.29, 0.717) is 6.07 Å². The van der Waals surface area contributed by atoms with Crippen LogP contribution in [-0.4, -0.2) is 23.1 Å². The number of benzene rings is 1. The summed E-state index contributed by atoms with van der Waals surface area (Å²) in [5.41, 5.74) is 8.47. The highest BCUT2D eigenvalue weighted by Gasteiger charge is 2.37. The van der Waals surface area contributed by atoms with Crippen molar-refractivity contribution in [2.45, 2.75) is 6.18 Å². The summed E-state index contributed by atoms with van der Waals surface area (Å²) in [6, 6.07) is 1.60. The molecule has 0 bridgehead atoms. The lowest BCUT2D eigenvalue weighted by atomic mass is 9.95. The van der Waals surface area contributed by atoms with Crippen LogP contribution >= 0.6 is 24.4 Å². The van der Waals surface area contributed by atoms with Gasteiger partial charge >= 0.3 is 12.1 Å². The predicted octanol–water partition coefficient (Wildman–Crippen LogP) is 1.76. The number of methoxy groups -OCH3 is 1. The number of hydrogen-bond acceptors (Lipinski definition) is 4. The molecule has 0 saturated heterocycles. The maximum atomic E-state index is 13.0. The Morgan fingerprint density at radius 1 is 1.15 bits per heavy atom. The van der Waals surface area contributed by atoms with Crippen LogP contribution in [0.1, 0.15) is 27.0 Å². The van der Waals surface area contributed by atoms with Gasteiger partial charge in [0.2, 0.25) is 0 Å². The molecule has 0 aliphatic heterocycles. The number of ether oxygens (including phenoxy) is 1. The van der Waals surface area contributed by atoms with E-state index in [9.17, 15) is 18.0 Å². The molecule has 0 spiro atoms. The van der Waals surface area contributed by atoms with Crippen LogP contribution in [-0.2, 0) is 10.9 Å². The Morgan fingerprint density at radius 2 is 1.65 bits per heavy atom.